The van der Waals surface area contributed by atoms with Crippen molar-refractivity contribution >= 4 is 6.34 Å². The molecule has 3 N–H and O–H groups in total. The van der Waals surface area contributed by atoms with Crippen molar-refractivity contribution in [3.63, 3.8) is 0 Å². The first kappa shape index (κ1) is 20.4. The molecule has 0 aliphatic rings. The van der Waals surface area contributed by atoms with Crippen molar-refractivity contribution in [2.75, 3.05) is 6.54 Å². The summed E-state index contributed by atoms with van der Waals surface area (Å²) in [6.07, 6.45) is 4.99. The summed E-state index contributed by atoms with van der Waals surface area (Å²) in [5.74, 6) is -6.39. The number of nitrogens with two attached hydrogens (primary N) is 1. The van der Waals surface area contributed by atoms with E-state index in [1.807, 2.05) is 0 Å². The van der Waals surface area contributed by atoms with Gasteiger partial charge in [0.2, 0.25) is 0 Å². The van der Waals surface area contributed by atoms with E-state index in [4.69, 9.17) is 5.73 Å². The van der Waals surface area contributed by atoms with Gasteiger partial charge in [-0.3, -0.25) is 15.0 Å². The zero-order valence-corrected chi connectivity index (χ0v) is 14.9. The van der Waals surface area contributed by atoms with Crippen LogP contribution in [0.3, 0.4) is 0 Å². The Morgan fingerprint density at radius 1 is 1.03 bits per heavy atom. The van der Waals surface area contributed by atoms with Gasteiger partial charge >= 0.3 is 5.92 Å². The smallest absolute Gasteiger partial charge is 0.323 e. The maximum Gasteiger partial charge on any atom is 0.323 e. The van der Waals surface area contributed by atoms with E-state index in [2.05, 4.69) is 15.0 Å². The Hall–Kier alpha value is -3.33. The summed E-state index contributed by atoms with van der Waals surface area (Å²) in [7, 11) is 0. The van der Waals surface area contributed by atoms with Crippen molar-refractivity contribution in [3.8, 4) is 11.1 Å². The van der Waals surface area contributed by atoms with Gasteiger partial charge in [0.15, 0.2) is 5.60 Å². The molecule has 3 rings (SSSR count). The summed E-state index contributed by atoms with van der Waals surface area (Å²) in [6, 6.07) is 7.68. The maximum atomic E-state index is 15.3. The summed E-state index contributed by atoms with van der Waals surface area (Å²) >= 11 is 0. The highest BCUT2D eigenvalue weighted by molar-refractivity contribution is 5.61. The number of hydrogen-bond donors (Lipinski definition) is 2. The molecule has 150 valence electrons. The van der Waals surface area contributed by atoms with Crippen molar-refractivity contribution in [1.29, 1.82) is 0 Å². The van der Waals surface area contributed by atoms with Gasteiger partial charge < -0.3 is 10.8 Å². The lowest BCUT2D eigenvalue weighted by Gasteiger charge is -2.35. The molecule has 0 spiro atoms. The summed E-state index contributed by atoms with van der Waals surface area (Å²) in [5, 5.41) is 10.8. The van der Waals surface area contributed by atoms with Crippen LogP contribution in [0.25, 0.3) is 11.1 Å². The van der Waals surface area contributed by atoms with Gasteiger partial charge in [0.05, 0.1) is 12.9 Å². The van der Waals surface area contributed by atoms with Crippen molar-refractivity contribution in [3.05, 3.63) is 83.9 Å². The second-order valence-corrected chi connectivity index (χ2v) is 6.22. The third-order valence-corrected chi connectivity index (χ3v) is 4.42. The molecule has 3 aromatic rings. The Labute approximate surface area is 163 Å². The third kappa shape index (κ3) is 3.81. The molecule has 9 heteroatoms. The molecular weight excluding hydrogens is 388 g/mol. The van der Waals surface area contributed by atoms with Crippen molar-refractivity contribution in [2.24, 2.45) is 10.7 Å². The van der Waals surface area contributed by atoms with Crippen LogP contribution in [0.4, 0.5) is 17.6 Å². The number of aliphatic hydroxyl groups is 1. The summed E-state index contributed by atoms with van der Waals surface area (Å²) in [4.78, 5) is 11.1. The average molecular weight is 404 g/mol. The number of halogens is 4. The number of rotatable bonds is 6. The lowest BCUT2D eigenvalue weighted by atomic mass is 9.84. The first-order chi connectivity index (χ1) is 13.8. The quantitative estimate of drug-likeness (QED) is 0.375. The van der Waals surface area contributed by atoms with E-state index >= 15 is 8.78 Å². The number of hydrogen-bond acceptors (Lipinski definition) is 4. The van der Waals surface area contributed by atoms with Crippen LogP contribution in [0.15, 0.2) is 66.0 Å². The molecule has 0 radical (unpaired) electrons. The molecular formula is C20H16F4N4O. The molecule has 0 saturated carbocycles. The van der Waals surface area contributed by atoms with E-state index in [-0.39, 0.29) is 0 Å². The topological polar surface area (TPSA) is 84.4 Å². The second-order valence-electron chi connectivity index (χ2n) is 6.22. The van der Waals surface area contributed by atoms with Crippen LogP contribution >= 0.6 is 0 Å². The fraction of sp³-hybridized carbons (Fsp3) is 0.150. The lowest BCUT2D eigenvalue weighted by Crippen LogP contribution is -2.47. The number of nitrogens with zero attached hydrogens (tertiary/aromatic N) is 3. The van der Waals surface area contributed by atoms with Gasteiger partial charge in [-0.05, 0) is 35.9 Å². The Balaban J connectivity index is 2.06. The Morgan fingerprint density at radius 3 is 2.34 bits per heavy atom. The molecule has 0 aliphatic heterocycles. The van der Waals surface area contributed by atoms with Crippen LogP contribution in [0.5, 0.6) is 0 Å². The fourth-order valence-corrected chi connectivity index (χ4v) is 2.87. The van der Waals surface area contributed by atoms with Crippen LogP contribution in [-0.4, -0.2) is 28.0 Å². The lowest BCUT2D eigenvalue weighted by molar-refractivity contribution is -0.193. The number of alkyl halides is 2. The highest BCUT2D eigenvalue weighted by Crippen LogP contribution is 2.46. The van der Waals surface area contributed by atoms with E-state index in [0.29, 0.717) is 23.5 Å². The number of pyridine rings is 2. The predicted octanol–water partition coefficient (Wildman–Crippen LogP) is 3.39. The zero-order valence-electron chi connectivity index (χ0n) is 14.9. The third-order valence-electron chi connectivity index (χ3n) is 4.42. The maximum absolute atomic E-state index is 15.3. The van der Waals surface area contributed by atoms with E-state index in [1.165, 1.54) is 12.3 Å². The minimum absolute atomic E-state index is 0.405. The molecule has 5 nitrogen and oxygen atoms in total. The van der Waals surface area contributed by atoms with Gasteiger partial charge in [-0.25, -0.2) is 8.78 Å². The molecule has 29 heavy (non-hydrogen) atoms. The molecule has 0 bridgehead atoms. The molecule has 1 unspecified atom stereocenters. The molecule has 2 aromatic heterocycles. The van der Waals surface area contributed by atoms with Gasteiger partial charge in [-0.1, -0.05) is 6.07 Å². The highest BCUT2D eigenvalue weighted by Gasteiger charge is 2.57. The average Bonchev–Trinajstić information content (AvgIpc) is 2.72. The van der Waals surface area contributed by atoms with Gasteiger partial charge in [-0.15, -0.1) is 0 Å². The van der Waals surface area contributed by atoms with Crippen LogP contribution in [0.2, 0.25) is 0 Å². The Morgan fingerprint density at radius 2 is 1.76 bits per heavy atom. The summed E-state index contributed by atoms with van der Waals surface area (Å²) < 4.78 is 58.2. The first-order valence-electron chi connectivity index (χ1n) is 8.42. The predicted molar refractivity (Wildman–Crippen MR) is 99.2 cm³/mol. The SMILES string of the molecule is NC=NCC(O)(c1ccc(F)cc1F)C(F)(F)c1ccc(-c2ccncc2)cn1. The van der Waals surface area contributed by atoms with Crippen molar-refractivity contribution in [2.45, 2.75) is 11.5 Å². The fourth-order valence-electron chi connectivity index (χ4n) is 2.87. The van der Waals surface area contributed by atoms with E-state index in [9.17, 15) is 13.9 Å². The molecule has 0 amide bonds. The number of benzene rings is 1. The van der Waals surface area contributed by atoms with E-state index in [0.717, 1.165) is 18.2 Å². The van der Waals surface area contributed by atoms with E-state index in [1.54, 1.807) is 24.5 Å². The second kappa shape index (κ2) is 7.96. The molecule has 2 heterocycles. The van der Waals surface area contributed by atoms with Gasteiger partial charge in [0.1, 0.15) is 17.3 Å². The Kier molecular flexibility index (Phi) is 5.60. The van der Waals surface area contributed by atoms with Gasteiger partial charge in [-0.2, -0.15) is 8.78 Å². The van der Waals surface area contributed by atoms with Crippen LogP contribution in [0, 0.1) is 11.6 Å². The highest BCUT2D eigenvalue weighted by atomic mass is 19.3. The molecule has 1 atom stereocenters. The summed E-state index contributed by atoms with van der Waals surface area (Å²) in [5.41, 5.74) is 1.59. The summed E-state index contributed by atoms with van der Waals surface area (Å²) in [6.45, 7) is -0.965. The number of aliphatic imine (C=N–C) groups is 1. The van der Waals surface area contributed by atoms with Crippen LogP contribution in [-0.2, 0) is 11.5 Å². The zero-order chi connectivity index (χ0) is 21.1. The minimum atomic E-state index is -4.07. The van der Waals surface area contributed by atoms with Crippen molar-refractivity contribution < 1.29 is 22.7 Å². The molecule has 0 fully saturated rings. The molecule has 1 aromatic carbocycles. The molecule has 0 saturated heterocycles. The van der Waals surface area contributed by atoms with Gasteiger partial charge in [0, 0.05) is 35.8 Å². The van der Waals surface area contributed by atoms with Crippen LogP contribution in [0.1, 0.15) is 11.3 Å². The molecule has 0 aliphatic carbocycles. The van der Waals surface area contributed by atoms with Gasteiger partial charge in [0.25, 0.3) is 0 Å². The van der Waals surface area contributed by atoms with Crippen molar-refractivity contribution in [1.82, 2.24) is 9.97 Å². The van der Waals surface area contributed by atoms with Crippen LogP contribution < -0.4 is 5.73 Å². The normalized spacial score (nSPS) is 14.1. The monoisotopic (exact) mass is 404 g/mol. The number of aromatic nitrogens is 2. The Bertz CT molecular complexity index is 1010. The first-order valence-corrected chi connectivity index (χ1v) is 8.42. The van der Waals surface area contributed by atoms with E-state index < -0.39 is 41.0 Å². The largest absolute Gasteiger partial charge is 0.390 e. The standard InChI is InChI=1S/C20H16F4N4O/c21-15-2-3-16(17(22)9-15)19(29,11-27-12-25)20(23,24)18-4-1-14(10-28-18)13-5-7-26-8-6-13/h1-10,12,29H,11H2,(H2,25,27). The minimum Gasteiger partial charge on any atom is -0.390 e.